The number of alkyl carbamates (subject to hydrolysis) is 1. The lowest BCUT2D eigenvalue weighted by atomic mass is 10.1. The highest BCUT2D eigenvalue weighted by Gasteiger charge is 2.22. The maximum atomic E-state index is 11.1. The van der Waals surface area contributed by atoms with E-state index in [0.717, 1.165) is 14.2 Å². The first-order chi connectivity index (χ1) is 7.01. The molecule has 1 atom stereocenters. The summed E-state index contributed by atoms with van der Waals surface area (Å²) >= 11 is 0. The minimum absolute atomic E-state index is 0.0445. The standard InChI is InChI=1S/C8H13NO6/c1-14-7(12)5(3-4-6(10)11)9-8(13)15-2/h5H,3-4H2,1-2H3,(H,9,13)(H,10,11)/t5-/m0/s1. The first-order valence-electron chi connectivity index (χ1n) is 4.15. The van der Waals surface area contributed by atoms with Gasteiger partial charge in [-0.25, -0.2) is 9.59 Å². The molecule has 0 heterocycles. The van der Waals surface area contributed by atoms with Crippen molar-refractivity contribution in [1.82, 2.24) is 5.32 Å². The van der Waals surface area contributed by atoms with Crippen LogP contribution in [-0.4, -0.2) is 43.4 Å². The summed E-state index contributed by atoms with van der Waals surface area (Å²) in [5.41, 5.74) is 0. The molecule has 0 aliphatic carbocycles. The zero-order chi connectivity index (χ0) is 11.8. The van der Waals surface area contributed by atoms with Gasteiger partial charge in [-0.1, -0.05) is 0 Å². The number of esters is 1. The van der Waals surface area contributed by atoms with Crippen molar-refractivity contribution in [2.24, 2.45) is 0 Å². The fourth-order valence-electron chi connectivity index (χ4n) is 0.860. The Morgan fingerprint density at radius 1 is 1.27 bits per heavy atom. The second kappa shape index (κ2) is 6.63. The number of methoxy groups -OCH3 is 2. The molecule has 0 saturated heterocycles. The Morgan fingerprint density at radius 2 is 1.87 bits per heavy atom. The number of hydrogen-bond donors (Lipinski definition) is 2. The van der Waals surface area contributed by atoms with Crippen LogP contribution in [0.2, 0.25) is 0 Å². The summed E-state index contributed by atoms with van der Waals surface area (Å²) in [6, 6.07) is -1.00. The number of carboxylic acids is 1. The molecule has 2 N–H and O–H groups in total. The van der Waals surface area contributed by atoms with Gasteiger partial charge in [0.15, 0.2) is 0 Å². The van der Waals surface area contributed by atoms with E-state index in [4.69, 9.17) is 5.11 Å². The van der Waals surface area contributed by atoms with Crippen LogP contribution in [0.25, 0.3) is 0 Å². The van der Waals surface area contributed by atoms with Crippen LogP contribution < -0.4 is 5.32 Å². The summed E-state index contributed by atoms with van der Waals surface area (Å²) in [6.07, 6.45) is -1.10. The third-order valence-corrected chi connectivity index (χ3v) is 1.61. The number of carbonyl (C=O) groups excluding carboxylic acids is 2. The van der Waals surface area contributed by atoms with Crippen molar-refractivity contribution in [3.05, 3.63) is 0 Å². The van der Waals surface area contributed by atoms with Crippen LogP contribution in [0.3, 0.4) is 0 Å². The van der Waals surface area contributed by atoms with E-state index in [-0.39, 0.29) is 12.8 Å². The van der Waals surface area contributed by atoms with Crippen LogP contribution >= 0.6 is 0 Å². The molecule has 0 aromatic carbocycles. The van der Waals surface area contributed by atoms with Gasteiger partial charge in [0.1, 0.15) is 6.04 Å². The van der Waals surface area contributed by atoms with Gasteiger partial charge in [-0.2, -0.15) is 0 Å². The van der Waals surface area contributed by atoms with E-state index in [1.165, 1.54) is 0 Å². The van der Waals surface area contributed by atoms with Crippen LogP contribution in [0.1, 0.15) is 12.8 Å². The van der Waals surface area contributed by atoms with Crippen LogP contribution in [0.4, 0.5) is 4.79 Å². The second-order valence-electron chi connectivity index (χ2n) is 2.64. The summed E-state index contributed by atoms with van der Waals surface area (Å²) in [7, 11) is 2.29. The molecule has 0 unspecified atom stereocenters. The van der Waals surface area contributed by atoms with Gasteiger partial charge >= 0.3 is 18.0 Å². The molecule has 7 heteroatoms. The number of carboxylic acid groups (broad SMARTS) is 1. The van der Waals surface area contributed by atoms with Crippen molar-refractivity contribution in [2.75, 3.05) is 14.2 Å². The third-order valence-electron chi connectivity index (χ3n) is 1.61. The normalized spacial score (nSPS) is 11.3. The molecular weight excluding hydrogens is 206 g/mol. The fourth-order valence-corrected chi connectivity index (χ4v) is 0.860. The van der Waals surface area contributed by atoms with E-state index in [9.17, 15) is 14.4 Å². The number of ether oxygens (including phenoxy) is 2. The number of aliphatic carboxylic acids is 1. The lowest BCUT2D eigenvalue weighted by molar-refractivity contribution is -0.143. The first kappa shape index (κ1) is 13.2. The quantitative estimate of drug-likeness (QED) is 0.618. The molecule has 86 valence electrons. The van der Waals surface area contributed by atoms with Crippen molar-refractivity contribution in [2.45, 2.75) is 18.9 Å². The Balaban J connectivity index is 4.24. The molecule has 0 radical (unpaired) electrons. The molecule has 0 saturated carbocycles. The van der Waals surface area contributed by atoms with Crippen molar-refractivity contribution in [3.8, 4) is 0 Å². The van der Waals surface area contributed by atoms with Gasteiger partial charge < -0.3 is 19.9 Å². The van der Waals surface area contributed by atoms with Crippen LogP contribution in [0.15, 0.2) is 0 Å². The zero-order valence-corrected chi connectivity index (χ0v) is 8.48. The van der Waals surface area contributed by atoms with Crippen molar-refractivity contribution in [3.63, 3.8) is 0 Å². The number of carbonyl (C=O) groups is 3. The summed E-state index contributed by atoms with van der Waals surface area (Å²) in [5, 5.41) is 10.6. The molecule has 0 fully saturated rings. The molecule has 0 bridgehead atoms. The van der Waals surface area contributed by atoms with Crippen molar-refractivity contribution in [1.29, 1.82) is 0 Å². The van der Waals surface area contributed by atoms with Crippen LogP contribution in [-0.2, 0) is 19.1 Å². The Labute approximate surface area is 86.3 Å². The molecule has 1 amide bonds. The predicted octanol–water partition coefficient (Wildman–Crippen LogP) is -0.251. The number of rotatable bonds is 5. The SMILES string of the molecule is COC(=O)N[C@@H](CCC(=O)O)C(=O)OC. The molecule has 0 aromatic heterocycles. The molecule has 0 aliphatic rings. The molecule has 0 aromatic rings. The Bertz CT molecular complexity index is 252. The molecular formula is C8H13NO6. The lowest BCUT2D eigenvalue weighted by Crippen LogP contribution is -2.41. The van der Waals surface area contributed by atoms with E-state index in [1.54, 1.807) is 0 Å². The van der Waals surface area contributed by atoms with Crippen LogP contribution in [0, 0.1) is 0 Å². The Kier molecular flexibility index (Phi) is 5.84. The van der Waals surface area contributed by atoms with Crippen molar-refractivity contribution >= 4 is 18.0 Å². The summed E-state index contributed by atoms with van der Waals surface area (Å²) in [4.78, 5) is 32.2. The van der Waals surface area contributed by atoms with Gasteiger partial charge in [-0.05, 0) is 6.42 Å². The van der Waals surface area contributed by atoms with E-state index >= 15 is 0 Å². The van der Waals surface area contributed by atoms with E-state index in [0.29, 0.717) is 0 Å². The smallest absolute Gasteiger partial charge is 0.407 e. The number of hydrogen-bond acceptors (Lipinski definition) is 5. The average molecular weight is 219 g/mol. The molecule has 15 heavy (non-hydrogen) atoms. The van der Waals surface area contributed by atoms with E-state index in [1.807, 2.05) is 0 Å². The minimum Gasteiger partial charge on any atom is -0.481 e. The highest BCUT2D eigenvalue weighted by molar-refractivity contribution is 5.81. The van der Waals surface area contributed by atoms with Gasteiger partial charge in [0, 0.05) is 6.42 Å². The number of amides is 1. The monoisotopic (exact) mass is 219 g/mol. The van der Waals surface area contributed by atoms with E-state index < -0.39 is 24.1 Å². The summed E-state index contributed by atoms with van der Waals surface area (Å²) in [5.74, 6) is -1.77. The molecule has 7 nitrogen and oxygen atoms in total. The average Bonchev–Trinajstić information content (AvgIpc) is 2.22. The topological polar surface area (TPSA) is 102 Å². The van der Waals surface area contributed by atoms with Crippen molar-refractivity contribution < 1.29 is 29.0 Å². The molecule has 0 spiro atoms. The maximum absolute atomic E-state index is 11.1. The van der Waals surface area contributed by atoms with Gasteiger partial charge in [0.2, 0.25) is 0 Å². The minimum atomic E-state index is -1.06. The lowest BCUT2D eigenvalue weighted by Gasteiger charge is -2.14. The molecule has 0 aliphatic heterocycles. The maximum Gasteiger partial charge on any atom is 0.407 e. The second-order valence-corrected chi connectivity index (χ2v) is 2.64. The van der Waals surface area contributed by atoms with Gasteiger partial charge in [-0.3, -0.25) is 4.79 Å². The van der Waals surface area contributed by atoms with Gasteiger partial charge in [0.25, 0.3) is 0 Å². The summed E-state index contributed by atoms with van der Waals surface area (Å²) in [6.45, 7) is 0. The highest BCUT2D eigenvalue weighted by atomic mass is 16.5. The molecule has 0 rings (SSSR count). The zero-order valence-electron chi connectivity index (χ0n) is 8.48. The Hall–Kier alpha value is -1.79. The van der Waals surface area contributed by atoms with Gasteiger partial charge in [0.05, 0.1) is 14.2 Å². The van der Waals surface area contributed by atoms with Crippen LogP contribution in [0.5, 0.6) is 0 Å². The Morgan fingerprint density at radius 3 is 2.27 bits per heavy atom. The fraction of sp³-hybridized carbons (Fsp3) is 0.625. The summed E-state index contributed by atoms with van der Waals surface area (Å²) < 4.78 is 8.66. The van der Waals surface area contributed by atoms with E-state index in [2.05, 4.69) is 14.8 Å². The predicted molar refractivity (Wildman–Crippen MR) is 48.2 cm³/mol. The van der Waals surface area contributed by atoms with Gasteiger partial charge in [-0.15, -0.1) is 0 Å². The largest absolute Gasteiger partial charge is 0.481 e. The number of nitrogens with one attached hydrogen (secondary N) is 1. The third kappa shape index (κ3) is 5.50. The highest BCUT2D eigenvalue weighted by Crippen LogP contribution is 2.00. The first-order valence-corrected chi connectivity index (χ1v) is 4.15.